The molecule has 0 N–H and O–H groups in total. The number of rotatable bonds is 5. The number of halogens is 1. The van der Waals surface area contributed by atoms with E-state index >= 15 is 0 Å². The lowest BCUT2D eigenvalue weighted by Gasteiger charge is -2.19. The number of methoxy groups -OCH3 is 1. The zero-order chi connectivity index (χ0) is 13.0. The fourth-order valence-electron chi connectivity index (χ4n) is 1.98. The van der Waals surface area contributed by atoms with Crippen LogP contribution in [0.3, 0.4) is 0 Å². The maximum Gasteiger partial charge on any atom is 0.128 e. The van der Waals surface area contributed by atoms with Crippen LogP contribution in [-0.4, -0.2) is 36.0 Å². The van der Waals surface area contributed by atoms with Gasteiger partial charge in [-0.25, -0.2) is 0 Å². The van der Waals surface area contributed by atoms with Crippen molar-refractivity contribution in [2.75, 3.05) is 20.7 Å². The van der Waals surface area contributed by atoms with Crippen molar-refractivity contribution in [3.8, 4) is 5.75 Å². The van der Waals surface area contributed by atoms with Crippen LogP contribution in [0.1, 0.15) is 23.7 Å². The van der Waals surface area contributed by atoms with E-state index in [2.05, 4.69) is 9.88 Å². The van der Waals surface area contributed by atoms with Crippen molar-refractivity contribution in [2.24, 2.45) is 0 Å². The molecular formula is C13H21ClN2O. The van der Waals surface area contributed by atoms with Crippen molar-refractivity contribution in [3.63, 3.8) is 0 Å². The van der Waals surface area contributed by atoms with E-state index in [1.54, 1.807) is 7.11 Å². The summed E-state index contributed by atoms with van der Waals surface area (Å²) >= 11 is 5.98. The van der Waals surface area contributed by atoms with Crippen LogP contribution in [0.2, 0.25) is 0 Å². The molecule has 0 radical (unpaired) electrons. The van der Waals surface area contributed by atoms with Gasteiger partial charge in [0, 0.05) is 35.8 Å². The molecule has 1 aromatic heterocycles. The molecule has 0 saturated heterocycles. The number of hydrogen-bond donors (Lipinski definition) is 0. The topological polar surface area (TPSA) is 25.4 Å². The van der Waals surface area contributed by atoms with Gasteiger partial charge in [0.15, 0.2) is 0 Å². The predicted octanol–water partition coefficient (Wildman–Crippen LogP) is 2.77. The van der Waals surface area contributed by atoms with Crippen LogP contribution in [0.25, 0.3) is 0 Å². The van der Waals surface area contributed by atoms with Gasteiger partial charge in [-0.15, -0.1) is 11.6 Å². The monoisotopic (exact) mass is 256 g/mol. The summed E-state index contributed by atoms with van der Waals surface area (Å²) in [6.07, 6.45) is 1.86. The molecule has 1 aromatic rings. The van der Waals surface area contributed by atoms with E-state index in [9.17, 15) is 0 Å². The maximum absolute atomic E-state index is 5.98. The molecule has 0 spiro atoms. The van der Waals surface area contributed by atoms with E-state index in [0.29, 0.717) is 0 Å². The van der Waals surface area contributed by atoms with E-state index in [1.807, 2.05) is 34.0 Å². The minimum atomic E-state index is 0.146. The molecule has 4 heteroatoms. The average molecular weight is 257 g/mol. The first-order valence-corrected chi connectivity index (χ1v) is 6.21. The van der Waals surface area contributed by atoms with Gasteiger partial charge in [0.05, 0.1) is 12.8 Å². The number of ether oxygens (including phenoxy) is 1. The van der Waals surface area contributed by atoms with Gasteiger partial charge >= 0.3 is 0 Å². The molecular weight excluding hydrogens is 236 g/mol. The van der Waals surface area contributed by atoms with Crippen molar-refractivity contribution in [1.29, 1.82) is 0 Å². The number of hydrogen-bond acceptors (Lipinski definition) is 3. The number of alkyl halides is 1. The Morgan fingerprint density at radius 2 is 2.12 bits per heavy atom. The average Bonchev–Trinajstić information content (AvgIpc) is 2.22. The Balaban J connectivity index is 2.85. The summed E-state index contributed by atoms with van der Waals surface area (Å²) in [5, 5.41) is 0.146. The molecule has 0 fully saturated rings. The summed E-state index contributed by atoms with van der Waals surface area (Å²) in [6.45, 7) is 7.69. The fraction of sp³-hybridized carbons (Fsp3) is 0.615. The fourth-order valence-corrected chi connectivity index (χ4v) is 2.22. The Bertz CT molecular complexity index is 380. The largest absolute Gasteiger partial charge is 0.496 e. The van der Waals surface area contributed by atoms with Gasteiger partial charge in [0.2, 0.25) is 0 Å². The molecule has 0 saturated carbocycles. The molecule has 0 aromatic carbocycles. The second kappa shape index (κ2) is 6.22. The first-order chi connectivity index (χ1) is 7.95. The highest BCUT2D eigenvalue weighted by Gasteiger charge is 2.12. The van der Waals surface area contributed by atoms with Gasteiger partial charge in [0.25, 0.3) is 0 Å². The van der Waals surface area contributed by atoms with Gasteiger partial charge in [-0.05, 0) is 27.8 Å². The molecule has 0 amide bonds. The third-order valence-corrected chi connectivity index (χ3v) is 2.87. The summed E-state index contributed by atoms with van der Waals surface area (Å²) in [5.41, 5.74) is 3.23. The van der Waals surface area contributed by atoms with Crippen LogP contribution < -0.4 is 4.74 Å². The molecule has 1 heterocycles. The molecule has 1 atom stereocenters. The molecule has 17 heavy (non-hydrogen) atoms. The lowest BCUT2D eigenvalue weighted by Crippen LogP contribution is -2.25. The minimum absolute atomic E-state index is 0.146. The molecule has 1 unspecified atom stereocenters. The summed E-state index contributed by atoms with van der Waals surface area (Å²) < 4.78 is 5.39. The lowest BCUT2D eigenvalue weighted by molar-refractivity contribution is 0.323. The quantitative estimate of drug-likeness (QED) is 0.758. The molecule has 0 aliphatic rings. The number of aryl methyl sites for hydroxylation is 1. The van der Waals surface area contributed by atoms with Gasteiger partial charge in [-0.2, -0.15) is 0 Å². The second-order valence-electron chi connectivity index (χ2n) is 4.52. The van der Waals surface area contributed by atoms with Gasteiger partial charge in [-0.1, -0.05) is 0 Å². The molecule has 96 valence electrons. The highest BCUT2D eigenvalue weighted by atomic mass is 35.5. The molecule has 0 bridgehead atoms. The third-order valence-electron chi connectivity index (χ3n) is 2.73. The summed E-state index contributed by atoms with van der Waals surface area (Å²) in [6, 6.07) is 0. The van der Waals surface area contributed by atoms with Crippen molar-refractivity contribution in [3.05, 3.63) is 23.0 Å². The van der Waals surface area contributed by atoms with E-state index in [4.69, 9.17) is 16.3 Å². The SMILES string of the molecule is COc1c(C)cnc(CN(C)CC(C)Cl)c1C. The first-order valence-electron chi connectivity index (χ1n) is 5.77. The molecule has 1 rings (SSSR count). The molecule has 0 aliphatic heterocycles. The smallest absolute Gasteiger partial charge is 0.128 e. The second-order valence-corrected chi connectivity index (χ2v) is 5.27. The number of nitrogens with zero attached hydrogens (tertiary/aromatic N) is 2. The Labute approximate surface area is 109 Å². The molecule has 3 nitrogen and oxygen atoms in total. The summed E-state index contributed by atoms with van der Waals surface area (Å²) in [5.74, 6) is 0.933. The zero-order valence-corrected chi connectivity index (χ0v) is 12.0. The van der Waals surface area contributed by atoms with Crippen LogP contribution in [0.4, 0.5) is 0 Å². The van der Waals surface area contributed by atoms with Crippen molar-refractivity contribution >= 4 is 11.6 Å². The van der Waals surface area contributed by atoms with Crippen LogP contribution in [0.15, 0.2) is 6.20 Å². The normalized spacial score (nSPS) is 12.9. The van der Waals surface area contributed by atoms with Crippen LogP contribution >= 0.6 is 11.6 Å². The molecule has 0 aliphatic carbocycles. The van der Waals surface area contributed by atoms with Crippen LogP contribution in [0.5, 0.6) is 5.75 Å². The highest BCUT2D eigenvalue weighted by Crippen LogP contribution is 2.24. The van der Waals surface area contributed by atoms with Crippen molar-refractivity contribution in [1.82, 2.24) is 9.88 Å². The van der Waals surface area contributed by atoms with Gasteiger partial charge in [-0.3, -0.25) is 9.88 Å². The van der Waals surface area contributed by atoms with E-state index < -0.39 is 0 Å². The van der Waals surface area contributed by atoms with E-state index in [1.165, 1.54) is 0 Å². The first kappa shape index (κ1) is 14.3. The lowest BCUT2D eigenvalue weighted by atomic mass is 10.1. The zero-order valence-electron chi connectivity index (χ0n) is 11.2. The summed E-state index contributed by atoms with van der Waals surface area (Å²) in [4.78, 5) is 6.64. The number of pyridine rings is 1. The minimum Gasteiger partial charge on any atom is -0.496 e. The Hall–Kier alpha value is -0.800. The van der Waals surface area contributed by atoms with Gasteiger partial charge < -0.3 is 4.74 Å². The predicted molar refractivity (Wildman–Crippen MR) is 71.9 cm³/mol. The van der Waals surface area contributed by atoms with Crippen molar-refractivity contribution < 1.29 is 4.74 Å². The Kier molecular flexibility index (Phi) is 5.22. The van der Waals surface area contributed by atoms with Crippen molar-refractivity contribution in [2.45, 2.75) is 32.7 Å². The highest BCUT2D eigenvalue weighted by molar-refractivity contribution is 6.20. The Morgan fingerprint density at radius 3 is 2.65 bits per heavy atom. The van der Waals surface area contributed by atoms with E-state index in [-0.39, 0.29) is 5.38 Å². The standard InChI is InChI=1S/C13H21ClN2O/c1-9-6-15-12(11(3)13(9)17-5)8-16(4)7-10(2)14/h6,10H,7-8H2,1-5H3. The number of aromatic nitrogens is 1. The Morgan fingerprint density at radius 1 is 1.47 bits per heavy atom. The third kappa shape index (κ3) is 3.86. The van der Waals surface area contributed by atoms with Crippen LogP contribution in [-0.2, 0) is 6.54 Å². The maximum atomic E-state index is 5.98. The van der Waals surface area contributed by atoms with E-state index in [0.717, 1.165) is 35.7 Å². The summed E-state index contributed by atoms with van der Waals surface area (Å²) in [7, 11) is 3.75. The van der Waals surface area contributed by atoms with Crippen LogP contribution in [0, 0.1) is 13.8 Å². The van der Waals surface area contributed by atoms with Gasteiger partial charge in [0.1, 0.15) is 5.75 Å².